The van der Waals surface area contributed by atoms with E-state index in [0.29, 0.717) is 11.8 Å². The fraction of sp³-hybridized carbons (Fsp3) is 0.733. The molecule has 3 heteroatoms. The third-order valence-electron chi connectivity index (χ3n) is 5.61. The highest BCUT2D eigenvalue weighted by atomic mass is 16.6. The molecule has 4 aliphatic rings. The van der Waals surface area contributed by atoms with Crippen molar-refractivity contribution in [2.24, 2.45) is 23.7 Å². The van der Waals surface area contributed by atoms with E-state index >= 15 is 0 Å². The standard InChI is InChI=1S/C15H17NO2/c1-8(17)18-15(7-16)6-11-5-12(15)14-10-3-2-9(4-10)13(11)14/h9-12H,2-6H2,1H3. The predicted octanol–water partition coefficient (Wildman–Crippen LogP) is 2.58. The fourth-order valence-corrected chi connectivity index (χ4v) is 5.27. The molecule has 0 N–H and O–H groups in total. The van der Waals surface area contributed by atoms with Gasteiger partial charge in [-0.3, -0.25) is 4.79 Å². The molecule has 0 spiro atoms. The molecule has 0 heterocycles. The van der Waals surface area contributed by atoms with Crippen molar-refractivity contribution in [3.05, 3.63) is 11.1 Å². The molecule has 0 saturated heterocycles. The quantitative estimate of drug-likeness (QED) is 0.404. The Morgan fingerprint density at radius 1 is 1.28 bits per heavy atom. The van der Waals surface area contributed by atoms with Gasteiger partial charge in [0.15, 0.2) is 0 Å². The Morgan fingerprint density at radius 2 is 2.00 bits per heavy atom. The topological polar surface area (TPSA) is 50.1 Å². The van der Waals surface area contributed by atoms with Crippen molar-refractivity contribution in [2.45, 2.75) is 44.6 Å². The first kappa shape index (κ1) is 10.6. The Balaban J connectivity index is 1.76. The van der Waals surface area contributed by atoms with Crippen molar-refractivity contribution in [2.75, 3.05) is 0 Å². The predicted molar refractivity (Wildman–Crippen MR) is 64.2 cm³/mol. The summed E-state index contributed by atoms with van der Waals surface area (Å²) >= 11 is 0. The molecule has 0 aliphatic heterocycles. The van der Waals surface area contributed by atoms with Crippen molar-refractivity contribution in [1.82, 2.24) is 0 Å². The largest absolute Gasteiger partial charge is 0.443 e. The molecule has 0 aromatic carbocycles. The van der Waals surface area contributed by atoms with Crippen molar-refractivity contribution >= 4 is 5.97 Å². The zero-order valence-electron chi connectivity index (χ0n) is 10.6. The zero-order chi connectivity index (χ0) is 12.5. The van der Waals surface area contributed by atoms with Crippen LogP contribution in [0.4, 0.5) is 0 Å². The highest BCUT2D eigenvalue weighted by Crippen LogP contribution is 2.66. The van der Waals surface area contributed by atoms with E-state index in [1.165, 1.54) is 31.8 Å². The van der Waals surface area contributed by atoms with E-state index in [9.17, 15) is 10.1 Å². The van der Waals surface area contributed by atoms with E-state index in [-0.39, 0.29) is 11.9 Å². The maximum absolute atomic E-state index is 11.3. The summed E-state index contributed by atoms with van der Waals surface area (Å²) in [5.74, 6) is 1.92. The van der Waals surface area contributed by atoms with Crippen LogP contribution >= 0.6 is 0 Å². The van der Waals surface area contributed by atoms with Crippen molar-refractivity contribution < 1.29 is 9.53 Å². The number of nitriles is 1. The molecule has 3 nitrogen and oxygen atoms in total. The second kappa shape index (κ2) is 3.17. The minimum absolute atomic E-state index is 0.210. The molecule has 2 fully saturated rings. The number of fused-ring (bicyclic) bond motifs is 8. The Labute approximate surface area is 107 Å². The highest BCUT2D eigenvalue weighted by Gasteiger charge is 2.62. The molecule has 0 aromatic rings. The van der Waals surface area contributed by atoms with Crippen LogP contribution in [0, 0.1) is 35.0 Å². The Hall–Kier alpha value is -1.30. The maximum atomic E-state index is 11.3. The summed E-state index contributed by atoms with van der Waals surface area (Å²) in [6.07, 6.45) is 5.74. The summed E-state index contributed by atoms with van der Waals surface area (Å²) in [5, 5.41) is 9.53. The van der Waals surface area contributed by atoms with Crippen LogP contribution in [0.3, 0.4) is 0 Å². The fourth-order valence-electron chi connectivity index (χ4n) is 5.27. The van der Waals surface area contributed by atoms with Crippen LogP contribution in [0.2, 0.25) is 0 Å². The second-order valence-electron chi connectivity index (χ2n) is 6.40. The number of carbonyl (C=O) groups is 1. The summed E-state index contributed by atoms with van der Waals surface area (Å²) in [6.45, 7) is 1.42. The SMILES string of the molecule is CC(=O)OC1(C#N)CC2CC1C1=C2C2CCC1C2. The molecule has 5 unspecified atom stereocenters. The minimum Gasteiger partial charge on any atom is -0.443 e. The van der Waals surface area contributed by atoms with Crippen LogP contribution in [-0.4, -0.2) is 11.6 Å². The summed E-state index contributed by atoms with van der Waals surface area (Å²) < 4.78 is 5.46. The van der Waals surface area contributed by atoms with Gasteiger partial charge in [-0.15, -0.1) is 0 Å². The van der Waals surface area contributed by atoms with E-state index in [1.807, 2.05) is 0 Å². The lowest BCUT2D eigenvalue weighted by Crippen LogP contribution is -2.40. The zero-order valence-corrected chi connectivity index (χ0v) is 10.6. The van der Waals surface area contributed by atoms with E-state index < -0.39 is 5.60 Å². The van der Waals surface area contributed by atoms with E-state index in [0.717, 1.165) is 18.8 Å². The van der Waals surface area contributed by atoms with Crippen LogP contribution in [-0.2, 0) is 9.53 Å². The van der Waals surface area contributed by atoms with Gasteiger partial charge in [0.25, 0.3) is 0 Å². The lowest BCUT2D eigenvalue weighted by molar-refractivity contribution is -0.154. The Bertz CT molecular complexity index is 515. The van der Waals surface area contributed by atoms with Crippen molar-refractivity contribution in [3.63, 3.8) is 0 Å². The van der Waals surface area contributed by atoms with Gasteiger partial charge in [-0.05, 0) is 43.4 Å². The number of hydrogen-bond acceptors (Lipinski definition) is 3. The molecule has 0 aromatic heterocycles. The van der Waals surface area contributed by atoms with Crippen LogP contribution in [0.1, 0.15) is 39.0 Å². The van der Waals surface area contributed by atoms with Gasteiger partial charge < -0.3 is 4.74 Å². The third-order valence-corrected chi connectivity index (χ3v) is 5.61. The minimum atomic E-state index is -0.834. The van der Waals surface area contributed by atoms with Crippen LogP contribution < -0.4 is 0 Å². The second-order valence-corrected chi connectivity index (χ2v) is 6.40. The molecule has 18 heavy (non-hydrogen) atoms. The van der Waals surface area contributed by atoms with Crippen LogP contribution in [0.5, 0.6) is 0 Å². The monoisotopic (exact) mass is 243 g/mol. The van der Waals surface area contributed by atoms with Gasteiger partial charge in [0.2, 0.25) is 5.60 Å². The number of carbonyl (C=O) groups excluding carboxylic acids is 1. The summed E-state index contributed by atoms with van der Waals surface area (Å²) in [5.41, 5.74) is 2.37. The molecule has 0 amide bonds. The summed E-state index contributed by atoms with van der Waals surface area (Å²) in [4.78, 5) is 11.3. The molecular formula is C15H17NO2. The lowest BCUT2D eigenvalue weighted by Gasteiger charge is -2.35. The van der Waals surface area contributed by atoms with Gasteiger partial charge in [0.1, 0.15) is 6.07 Å². The third kappa shape index (κ3) is 1.07. The first-order valence-electron chi connectivity index (χ1n) is 6.99. The molecular weight excluding hydrogens is 226 g/mol. The summed E-state index contributed by atoms with van der Waals surface area (Å²) in [7, 11) is 0. The molecule has 2 saturated carbocycles. The highest BCUT2D eigenvalue weighted by molar-refractivity contribution is 5.67. The molecule has 94 valence electrons. The van der Waals surface area contributed by atoms with Crippen molar-refractivity contribution in [3.8, 4) is 6.07 Å². The number of hydrogen-bond donors (Lipinski definition) is 0. The Morgan fingerprint density at radius 3 is 2.67 bits per heavy atom. The summed E-state index contributed by atoms with van der Waals surface area (Å²) in [6, 6.07) is 2.34. The molecule has 5 atom stereocenters. The van der Waals surface area contributed by atoms with Gasteiger partial charge in [-0.25, -0.2) is 0 Å². The lowest BCUT2D eigenvalue weighted by atomic mass is 9.75. The number of ether oxygens (including phenoxy) is 1. The van der Waals surface area contributed by atoms with Crippen LogP contribution in [0.25, 0.3) is 0 Å². The van der Waals surface area contributed by atoms with E-state index in [1.54, 1.807) is 5.57 Å². The average molecular weight is 243 g/mol. The van der Waals surface area contributed by atoms with E-state index in [2.05, 4.69) is 6.07 Å². The van der Waals surface area contributed by atoms with Gasteiger partial charge >= 0.3 is 5.97 Å². The van der Waals surface area contributed by atoms with E-state index in [4.69, 9.17) is 4.74 Å². The average Bonchev–Trinajstić information content (AvgIpc) is 3.05. The van der Waals surface area contributed by atoms with Gasteiger partial charge in [-0.1, -0.05) is 11.1 Å². The number of allylic oxidation sites excluding steroid dienone is 1. The molecule has 0 radical (unpaired) electrons. The molecule has 4 aliphatic carbocycles. The number of rotatable bonds is 1. The first-order valence-corrected chi connectivity index (χ1v) is 6.99. The number of esters is 1. The van der Waals surface area contributed by atoms with Crippen molar-refractivity contribution in [1.29, 1.82) is 5.26 Å². The maximum Gasteiger partial charge on any atom is 0.304 e. The van der Waals surface area contributed by atoms with Gasteiger partial charge in [0, 0.05) is 19.3 Å². The molecule has 4 bridgehead atoms. The van der Waals surface area contributed by atoms with Gasteiger partial charge in [0.05, 0.1) is 0 Å². The molecule has 4 rings (SSSR count). The van der Waals surface area contributed by atoms with Crippen LogP contribution in [0.15, 0.2) is 11.1 Å². The Kier molecular flexibility index (Phi) is 1.87. The smallest absolute Gasteiger partial charge is 0.304 e. The normalized spacial score (nSPS) is 47.3. The number of nitrogens with zero attached hydrogens (tertiary/aromatic N) is 1. The first-order chi connectivity index (χ1) is 8.64. The van der Waals surface area contributed by atoms with Gasteiger partial charge in [-0.2, -0.15) is 5.26 Å².